The number of rotatable bonds is 3. The van der Waals surface area contributed by atoms with Crippen molar-refractivity contribution in [1.29, 1.82) is 0 Å². The Hall–Kier alpha value is -1.24. The zero-order valence-electron chi connectivity index (χ0n) is 10.3. The maximum absolute atomic E-state index is 13.5. The first kappa shape index (κ1) is 17.1. The van der Waals surface area contributed by atoms with Gasteiger partial charge in [0.15, 0.2) is 23.3 Å². The van der Waals surface area contributed by atoms with Crippen molar-refractivity contribution in [3.05, 3.63) is 61.9 Å². The largest absolute Gasteiger partial charge is 0.489 e. The summed E-state index contributed by atoms with van der Waals surface area (Å²) >= 11 is 17.1. The van der Waals surface area contributed by atoms with Crippen molar-refractivity contribution in [2.24, 2.45) is 0 Å². The van der Waals surface area contributed by atoms with Crippen molar-refractivity contribution in [3.63, 3.8) is 0 Å². The van der Waals surface area contributed by atoms with Crippen LogP contribution in [0, 0.1) is 29.1 Å². The lowest BCUT2D eigenvalue weighted by Crippen LogP contribution is -2.09. The van der Waals surface area contributed by atoms with E-state index in [4.69, 9.17) is 39.5 Å². The summed E-state index contributed by atoms with van der Waals surface area (Å²) in [5, 5.41) is 0.0371. The van der Waals surface area contributed by atoms with Crippen LogP contribution in [0.15, 0.2) is 12.1 Å². The van der Waals surface area contributed by atoms with Crippen molar-refractivity contribution < 1.29 is 26.7 Å². The number of benzene rings is 2. The Kier molecular flexibility index (Phi) is 5.04. The van der Waals surface area contributed by atoms with Crippen LogP contribution in [0.3, 0.4) is 0 Å². The first-order valence-electron chi connectivity index (χ1n) is 5.51. The molecule has 0 atom stereocenters. The minimum absolute atomic E-state index is 0.00146. The molecule has 2 aromatic rings. The van der Waals surface area contributed by atoms with E-state index in [1.54, 1.807) is 0 Å². The van der Waals surface area contributed by atoms with Crippen molar-refractivity contribution in [1.82, 2.24) is 0 Å². The SMILES string of the molecule is Fc1c(F)c(F)c(COc2cc(Cl)c(Cl)c(Cl)c2)c(F)c1F. The molecule has 0 saturated heterocycles. The average molecular weight is 378 g/mol. The number of hydrogen-bond acceptors (Lipinski definition) is 1. The zero-order valence-corrected chi connectivity index (χ0v) is 12.6. The van der Waals surface area contributed by atoms with E-state index < -0.39 is 41.3 Å². The van der Waals surface area contributed by atoms with Gasteiger partial charge in [-0.3, -0.25) is 0 Å². The minimum atomic E-state index is -2.24. The normalized spacial score (nSPS) is 10.9. The average Bonchev–Trinajstić information content (AvgIpc) is 2.48. The van der Waals surface area contributed by atoms with Crippen molar-refractivity contribution in [2.75, 3.05) is 0 Å². The minimum Gasteiger partial charge on any atom is -0.489 e. The van der Waals surface area contributed by atoms with Gasteiger partial charge in [-0.1, -0.05) is 34.8 Å². The summed E-state index contributed by atoms with van der Waals surface area (Å²) in [6, 6.07) is 2.36. The number of hydrogen-bond donors (Lipinski definition) is 0. The molecule has 0 aliphatic rings. The molecule has 0 spiro atoms. The van der Waals surface area contributed by atoms with Gasteiger partial charge in [0.05, 0.1) is 20.6 Å². The predicted molar refractivity (Wildman–Crippen MR) is 72.0 cm³/mol. The van der Waals surface area contributed by atoms with Crippen molar-refractivity contribution in [3.8, 4) is 5.75 Å². The van der Waals surface area contributed by atoms with Gasteiger partial charge < -0.3 is 4.74 Å². The van der Waals surface area contributed by atoms with Gasteiger partial charge in [-0.25, -0.2) is 22.0 Å². The Balaban J connectivity index is 2.33. The number of halogens is 8. The summed E-state index contributed by atoms with van der Waals surface area (Å²) in [5.74, 6) is -10.3. The molecule has 1 nitrogen and oxygen atoms in total. The van der Waals surface area contributed by atoms with E-state index in [0.717, 1.165) is 0 Å². The number of ether oxygens (including phenoxy) is 1. The Morgan fingerprint density at radius 3 is 1.59 bits per heavy atom. The van der Waals surface area contributed by atoms with E-state index in [9.17, 15) is 22.0 Å². The van der Waals surface area contributed by atoms with Gasteiger partial charge in [0.25, 0.3) is 0 Å². The molecule has 0 heterocycles. The third-order valence-corrected chi connectivity index (χ3v) is 3.84. The van der Waals surface area contributed by atoms with Crippen LogP contribution < -0.4 is 4.74 Å². The molecule has 2 aromatic carbocycles. The van der Waals surface area contributed by atoms with Crippen LogP contribution in [0.1, 0.15) is 5.56 Å². The first-order valence-corrected chi connectivity index (χ1v) is 6.65. The molecule has 2 rings (SSSR count). The highest BCUT2D eigenvalue weighted by molar-refractivity contribution is 6.48. The molecule has 118 valence electrons. The van der Waals surface area contributed by atoms with Gasteiger partial charge in [-0.2, -0.15) is 0 Å². The lowest BCUT2D eigenvalue weighted by Gasteiger charge is -2.11. The third-order valence-electron chi connectivity index (χ3n) is 2.64. The molecule has 22 heavy (non-hydrogen) atoms. The summed E-state index contributed by atoms with van der Waals surface area (Å²) in [6.07, 6.45) is 0. The van der Waals surface area contributed by atoms with E-state index in [0.29, 0.717) is 0 Å². The van der Waals surface area contributed by atoms with E-state index in [-0.39, 0.29) is 20.8 Å². The molecule has 0 fully saturated rings. The van der Waals surface area contributed by atoms with Crippen LogP contribution in [-0.2, 0) is 6.61 Å². The van der Waals surface area contributed by atoms with Gasteiger partial charge in [-0.05, 0) is 0 Å². The fourth-order valence-corrected chi connectivity index (χ4v) is 2.12. The van der Waals surface area contributed by atoms with Crippen LogP contribution in [0.5, 0.6) is 5.75 Å². The molecule has 0 aliphatic carbocycles. The standard InChI is InChI=1S/C13H4Cl3F5O/c14-6-1-4(2-7(15)8(6)16)22-3-5-9(17)11(19)13(21)12(20)10(5)18/h1-2H,3H2. The van der Waals surface area contributed by atoms with Crippen molar-refractivity contribution >= 4 is 34.8 Å². The molecule has 0 aliphatic heterocycles. The van der Waals surface area contributed by atoms with Crippen LogP contribution in [0.2, 0.25) is 15.1 Å². The van der Waals surface area contributed by atoms with Crippen LogP contribution in [-0.4, -0.2) is 0 Å². The smallest absolute Gasteiger partial charge is 0.200 e. The summed E-state index contributed by atoms with van der Waals surface area (Å²) in [5.41, 5.74) is -1.11. The Labute approximate surface area is 136 Å². The highest BCUT2D eigenvalue weighted by atomic mass is 35.5. The zero-order chi connectivity index (χ0) is 16.6. The fraction of sp³-hybridized carbons (Fsp3) is 0.0769. The van der Waals surface area contributed by atoms with Gasteiger partial charge >= 0.3 is 0 Å². The molecule has 0 amide bonds. The Bertz CT molecular complexity index is 699. The van der Waals surface area contributed by atoms with Crippen LogP contribution in [0.25, 0.3) is 0 Å². The van der Waals surface area contributed by atoms with Gasteiger partial charge in [-0.15, -0.1) is 0 Å². The second kappa shape index (κ2) is 6.48. The highest BCUT2D eigenvalue weighted by Crippen LogP contribution is 2.34. The molecule has 0 unspecified atom stereocenters. The molecule has 0 N–H and O–H groups in total. The summed E-state index contributed by atoms with van der Waals surface area (Å²) < 4.78 is 70.8. The fourth-order valence-electron chi connectivity index (χ4n) is 1.55. The first-order chi connectivity index (χ1) is 10.2. The lowest BCUT2D eigenvalue weighted by atomic mass is 10.2. The molecule has 0 saturated carbocycles. The Morgan fingerprint density at radius 1 is 0.727 bits per heavy atom. The molecule has 0 bridgehead atoms. The molecular formula is C13H4Cl3F5O. The lowest BCUT2D eigenvalue weighted by molar-refractivity contribution is 0.279. The Morgan fingerprint density at radius 2 is 1.14 bits per heavy atom. The summed E-state index contributed by atoms with van der Waals surface area (Å²) in [4.78, 5) is 0. The van der Waals surface area contributed by atoms with E-state index in [1.807, 2.05) is 0 Å². The molecule has 0 aromatic heterocycles. The van der Waals surface area contributed by atoms with Crippen LogP contribution >= 0.6 is 34.8 Å². The summed E-state index contributed by atoms with van der Waals surface area (Å²) in [6.45, 7) is -0.917. The topological polar surface area (TPSA) is 9.23 Å². The van der Waals surface area contributed by atoms with Gasteiger partial charge in [0.2, 0.25) is 5.82 Å². The van der Waals surface area contributed by atoms with Crippen molar-refractivity contribution in [2.45, 2.75) is 6.61 Å². The summed E-state index contributed by atoms with van der Waals surface area (Å²) in [7, 11) is 0. The third kappa shape index (κ3) is 3.09. The van der Waals surface area contributed by atoms with E-state index in [1.165, 1.54) is 12.1 Å². The van der Waals surface area contributed by atoms with Gasteiger partial charge in [0.1, 0.15) is 12.4 Å². The maximum Gasteiger partial charge on any atom is 0.200 e. The molecule has 9 heteroatoms. The quantitative estimate of drug-likeness (QED) is 0.366. The van der Waals surface area contributed by atoms with Crippen LogP contribution in [0.4, 0.5) is 22.0 Å². The highest BCUT2D eigenvalue weighted by Gasteiger charge is 2.26. The molecule has 0 radical (unpaired) electrons. The van der Waals surface area contributed by atoms with Gasteiger partial charge in [0, 0.05) is 12.1 Å². The molecular weight excluding hydrogens is 373 g/mol. The maximum atomic E-state index is 13.5. The van der Waals surface area contributed by atoms with E-state index >= 15 is 0 Å². The second-order valence-electron chi connectivity index (χ2n) is 4.04. The monoisotopic (exact) mass is 376 g/mol. The predicted octanol–water partition coefficient (Wildman–Crippen LogP) is 5.92. The van der Waals surface area contributed by atoms with E-state index in [2.05, 4.69) is 0 Å². The second-order valence-corrected chi connectivity index (χ2v) is 5.23.